The SMILES string of the molecule is CC(=O)CNC(=O)[C@H](CS)NC(=O)CC[C@H](N)C(=O)O. The van der Waals surface area contributed by atoms with Crippen molar-refractivity contribution >= 4 is 36.2 Å². The molecular weight excluding hydrogens is 286 g/mol. The predicted molar refractivity (Wildman–Crippen MR) is 74.3 cm³/mol. The van der Waals surface area contributed by atoms with E-state index in [0.717, 1.165) is 0 Å². The average Bonchev–Trinajstić information content (AvgIpc) is 2.38. The molecule has 5 N–H and O–H groups in total. The van der Waals surface area contributed by atoms with Crippen LogP contribution in [0, 0.1) is 0 Å². The largest absolute Gasteiger partial charge is 0.480 e. The second-order valence-corrected chi connectivity index (χ2v) is 4.57. The smallest absolute Gasteiger partial charge is 0.320 e. The lowest BCUT2D eigenvalue weighted by atomic mass is 10.1. The molecule has 0 saturated carbocycles. The molecule has 0 bridgehead atoms. The predicted octanol–water partition coefficient (Wildman–Crippen LogP) is -1.70. The van der Waals surface area contributed by atoms with Crippen LogP contribution in [0.15, 0.2) is 0 Å². The quantitative estimate of drug-likeness (QED) is 0.322. The van der Waals surface area contributed by atoms with E-state index in [1.165, 1.54) is 6.92 Å². The van der Waals surface area contributed by atoms with Crippen molar-refractivity contribution in [3.8, 4) is 0 Å². The van der Waals surface area contributed by atoms with Gasteiger partial charge >= 0.3 is 5.97 Å². The number of Topliss-reactive ketones (excluding diaryl/α,β-unsaturated/α-hetero) is 1. The van der Waals surface area contributed by atoms with E-state index >= 15 is 0 Å². The molecule has 8 nitrogen and oxygen atoms in total. The molecular formula is C11H19N3O5S. The molecule has 0 unspecified atom stereocenters. The van der Waals surface area contributed by atoms with Gasteiger partial charge in [-0.25, -0.2) is 0 Å². The minimum atomic E-state index is -1.19. The fourth-order valence-corrected chi connectivity index (χ4v) is 1.46. The van der Waals surface area contributed by atoms with E-state index in [1.54, 1.807) is 0 Å². The van der Waals surface area contributed by atoms with Crippen molar-refractivity contribution in [1.82, 2.24) is 10.6 Å². The first kappa shape index (κ1) is 18.4. The van der Waals surface area contributed by atoms with Gasteiger partial charge in [0.15, 0.2) is 0 Å². The highest BCUT2D eigenvalue weighted by molar-refractivity contribution is 7.80. The highest BCUT2D eigenvalue weighted by Crippen LogP contribution is 1.97. The lowest BCUT2D eigenvalue weighted by Gasteiger charge is -2.16. The van der Waals surface area contributed by atoms with Crippen LogP contribution in [0.4, 0.5) is 0 Å². The van der Waals surface area contributed by atoms with E-state index < -0.39 is 29.9 Å². The highest BCUT2D eigenvalue weighted by Gasteiger charge is 2.20. The minimum absolute atomic E-state index is 0.0322. The number of thiol groups is 1. The average molecular weight is 305 g/mol. The molecule has 0 saturated heterocycles. The van der Waals surface area contributed by atoms with Gasteiger partial charge in [0.2, 0.25) is 11.8 Å². The Hall–Kier alpha value is -1.61. The number of nitrogens with one attached hydrogen (secondary N) is 2. The molecule has 0 aliphatic carbocycles. The number of rotatable bonds is 9. The first-order valence-electron chi connectivity index (χ1n) is 5.93. The molecule has 114 valence electrons. The lowest BCUT2D eigenvalue weighted by Crippen LogP contribution is -2.49. The summed E-state index contributed by atoms with van der Waals surface area (Å²) in [4.78, 5) is 44.4. The zero-order valence-electron chi connectivity index (χ0n) is 11.1. The Kier molecular flexibility index (Phi) is 8.57. The number of carbonyl (C=O) groups excluding carboxylic acids is 3. The number of carboxylic acid groups (broad SMARTS) is 1. The second-order valence-electron chi connectivity index (χ2n) is 4.21. The number of hydrogen-bond acceptors (Lipinski definition) is 6. The summed E-state index contributed by atoms with van der Waals surface area (Å²) in [5.74, 6) is -2.37. The normalized spacial score (nSPS) is 13.2. The zero-order valence-corrected chi connectivity index (χ0v) is 12.0. The summed E-state index contributed by atoms with van der Waals surface area (Å²) < 4.78 is 0. The first-order valence-corrected chi connectivity index (χ1v) is 6.57. The van der Waals surface area contributed by atoms with Gasteiger partial charge in [-0.2, -0.15) is 12.6 Å². The molecule has 2 atom stereocenters. The van der Waals surface area contributed by atoms with E-state index in [4.69, 9.17) is 10.8 Å². The number of nitrogens with two attached hydrogens (primary N) is 1. The van der Waals surface area contributed by atoms with Crippen molar-refractivity contribution in [1.29, 1.82) is 0 Å². The van der Waals surface area contributed by atoms with Crippen LogP contribution in [-0.4, -0.2) is 53.1 Å². The van der Waals surface area contributed by atoms with Crippen LogP contribution in [0.2, 0.25) is 0 Å². The van der Waals surface area contributed by atoms with Gasteiger partial charge in [-0.1, -0.05) is 0 Å². The van der Waals surface area contributed by atoms with Crippen LogP contribution in [0.3, 0.4) is 0 Å². The van der Waals surface area contributed by atoms with Crippen LogP contribution < -0.4 is 16.4 Å². The van der Waals surface area contributed by atoms with Gasteiger partial charge in [-0.05, 0) is 13.3 Å². The Morgan fingerprint density at radius 3 is 2.35 bits per heavy atom. The van der Waals surface area contributed by atoms with Crippen LogP contribution in [-0.2, 0) is 19.2 Å². The summed E-state index contributed by atoms with van der Waals surface area (Å²) in [7, 11) is 0. The molecule has 0 heterocycles. The Morgan fingerprint density at radius 2 is 1.90 bits per heavy atom. The fourth-order valence-electron chi connectivity index (χ4n) is 1.21. The Labute approximate surface area is 121 Å². The molecule has 0 aromatic heterocycles. The molecule has 0 radical (unpaired) electrons. The fraction of sp³-hybridized carbons (Fsp3) is 0.636. The minimum Gasteiger partial charge on any atom is -0.480 e. The van der Waals surface area contributed by atoms with E-state index in [9.17, 15) is 19.2 Å². The summed E-state index contributed by atoms with van der Waals surface area (Å²) in [5.41, 5.74) is 5.26. The molecule has 0 aromatic rings. The molecule has 2 amide bonds. The van der Waals surface area contributed by atoms with Crippen molar-refractivity contribution < 1.29 is 24.3 Å². The van der Waals surface area contributed by atoms with Crippen molar-refractivity contribution in [2.24, 2.45) is 5.73 Å². The van der Waals surface area contributed by atoms with Crippen LogP contribution in [0.1, 0.15) is 19.8 Å². The maximum absolute atomic E-state index is 11.6. The maximum Gasteiger partial charge on any atom is 0.320 e. The summed E-state index contributed by atoms with van der Waals surface area (Å²) in [6.07, 6.45) is -0.146. The summed E-state index contributed by atoms with van der Waals surface area (Å²) >= 11 is 3.94. The number of amides is 2. The van der Waals surface area contributed by atoms with E-state index in [1.807, 2.05) is 0 Å². The molecule has 0 aromatic carbocycles. The molecule has 20 heavy (non-hydrogen) atoms. The molecule has 0 fully saturated rings. The monoisotopic (exact) mass is 305 g/mol. The molecule has 0 rings (SSSR count). The van der Waals surface area contributed by atoms with Gasteiger partial charge in [0.25, 0.3) is 0 Å². The molecule has 0 aliphatic heterocycles. The van der Waals surface area contributed by atoms with Gasteiger partial charge in [-0.3, -0.25) is 19.2 Å². The van der Waals surface area contributed by atoms with E-state index in [-0.39, 0.29) is 30.9 Å². The Morgan fingerprint density at radius 1 is 1.30 bits per heavy atom. The van der Waals surface area contributed by atoms with Crippen LogP contribution in [0.5, 0.6) is 0 Å². The van der Waals surface area contributed by atoms with Gasteiger partial charge in [0, 0.05) is 12.2 Å². The van der Waals surface area contributed by atoms with Crippen LogP contribution >= 0.6 is 12.6 Å². The van der Waals surface area contributed by atoms with Crippen molar-refractivity contribution in [3.05, 3.63) is 0 Å². The number of carboxylic acids is 1. The summed E-state index contributed by atoms with van der Waals surface area (Å²) in [6, 6.07) is -2.01. The number of aliphatic carboxylic acids is 1. The van der Waals surface area contributed by atoms with Gasteiger partial charge < -0.3 is 21.5 Å². The number of hydrogen-bond donors (Lipinski definition) is 5. The molecule has 0 aliphatic rings. The van der Waals surface area contributed by atoms with Gasteiger partial charge in [0.05, 0.1) is 6.54 Å². The second kappa shape index (κ2) is 9.32. The van der Waals surface area contributed by atoms with Crippen molar-refractivity contribution in [3.63, 3.8) is 0 Å². The van der Waals surface area contributed by atoms with E-state index in [0.29, 0.717) is 0 Å². The van der Waals surface area contributed by atoms with Crippen LogP contribution in [0.25, 0.3) is 0 Å². The van der Waals surface area contributed by atoms with Crippen molar-refractivity contribution in [2.75, 3.05) is 12.3 Å². The highest BCUT2D eigenvalue weighted by atomic mass is 32.1. The lowest BCUT2D eigenvalue weighted by molar-refractivity contribution is -0.138. The standard InChI is InChI=1S/C11H19N3O5S/c1-6(15)4-13-10(17)8(5-20)14-9(16)3-2-7(12)11(18)19/h7-8,20H,2-5,12H2,1H3,(H,13,17)(H,14,16)(H,18,19)/t7-,8-/m0/s1. The zero-order chi connectivity index (χ0) is 15.7. The third-order valence-electron chi connectivity index (χ3n) is 2.35. The van der Waals surface area contributed by atoms with E-state index in [2.05, 4.69) is 23.3 Å². The third-order valence-corrected chi connectivity index (χ3v) is 2.71. The number of ketones is 1. The van der Waals surface area contributed by atoms with Crippen molar-refractivity contribution in [2.45, 2.75) is 31.8 Å². The summed E-state index contributed by atoms with van der Waals surface area (Å²) in [6.45, 7) is 1.20. The number of carbonyl (C=O) groups is 4. The van der Waals surface area contributed by atoms with Gasteiger partial charge in [0.1, 0.15) is 17.9 Å². The topological polar surface area (TPSA) is 139 Å². The third kappa shape index (κ3) is 7.74. The molecule has 9 heteroatoms. The van der Waals surface area contributed by atoms with Gasteiger partial charge in [-0.15, -0.1) is 0 Å². The Balaban J connectivity index is 4.21. The Bertz CT molecular complexity index is 388. The first-order chi connectivity index (χ1) is 9.27. The summed E-state index contributed by atoms with van der Waals surface area (Å²) in [5, 5.41) is 13.3. The maximum atomic E-state index is 11.6. The molecule has 0 spiro atoms.